The van der Waals surface area contributed by atoms with E-state index in [0.717, 1.165) is 26.2 Å². The van der Waals surface area contributed by atoms with Gasteiger partial charge in [0, 0.05) is 33.2 Å². The molecular formula is C11H19N5O2. The Bertz CT molecular complexity index is 344. The molecule has 1 fully saturated rings. The van der Waals surface area contributed by atoms with Gasteiger partial charge in [-0.1, -0.05) is 0 Å². The Morgan fingerprint density at radius 2 is 1.94 bits per heavy atom. The number of hydrogen-bond acceptors (Lipinski definition) is 5. The maximum absolute atomic E-state index is 11.7. The molecule has 0 radical (unpaired) electrons. The lowest BCUT2D eigenvalue weighted by Crippen LogP contribution is -2.55. The third-order valence-corrected chi connectivity index (χ3v) is 3.09. The van der Waals surface area contributed by atoms with Crippen molar-refractivity contribution < 1.29 is 9.59 Å². The molecular weight excluding hydrogens is 234 g/mol. The molecule has 0 aromatic rings. The van der Waals surface area contributed by atoms with Gasteiger partial charge in [0.05, 0.1) is 18.7 Å². The van der Waals surface area contributed by atoms with Crippen LogP contribution >= 0.6 is 0 Å². The summed E-state index contributed by atoms with van der Waals surface area (Å²) in [5, 5.41) is 13.2. The number of amides is 3. The molecule has 2 N–H and O–H groups in total. The van der Waals surface area contributed by atoms with Gasteiger partial charge in [0.25, 0.3) is 0 Å². The fourth-order valence-electron chi connectivity index (χ4n) is 1.85. The second-order valence-corrected chi connectivity index (χ2v) is 4.21. The van der Waals surface area contributed by atoms with Gasteiger partial charge in [-0.15, -0.1) is 0 Å². The van der Waals surface area contributed by atoms with Crippen molar-refractivity contribution in [2.75, 3.05) is 39.8 Å². The summed E-state index contributed by atoms with van der Waals surface area (Å²) < 4.78 is 0. The van der Waals surface area contributed by atoms with Crippen LogP contribution in [0.1, 0.15) is 6.92 Å². The second kappa shape index (κ2) is 6.93. The topological polar surface area (TPSA) is 88.5 Å². The lowest BCUT2D eigenvalue weighted by Gasteiger charge is -2.36. The first-order valence-electron chi connectivity index (χ1n) is 5.94. The van der Waals surface area contributed by atoms with Gasteiger partial charge >= 0.3 is 6.03 Å². The summed E-state index contributed by atoms with van der Waals surface area (Å²) >= 11 is 0. The van der Waals surface area contributed by atoms with E-state index in [-0.39, 0.29) is 11.9 Å². The molecule has 3 amide bonds. The summed E-state index contributed by atoms with van der Waals surface area (Å²) in [5.41, 5.74) is 0. The van der Waals surface area contributed by atoms with Crippen molar-refractivity contribution in [2.24, 2.45) is 0 Å². The quantitative estimate of drug-likeness (QED) is 0.628. The smallest absolute Gasteiger partial charge is 0.321 e. The van der Waals surface area contributed by atoms with Crippen LogP contribution < -0.4 is 10.6 Å². The zero-order chi connectivity index (χ0) is 13.5. The van der Waals surface area contributed by atoms with Crippen molar-refractivity contribution in [1.82, 2.24) is 20.4 Å². The van der Waals surface area contributed by atoms with E-state index in [0.29, 0.717) is 6.54 Å². The third-order valence-electron chi connectivity index (χ3n) is 3.09. The fourth-order valence-corrected chi connectivity index (χ4v) is 1.85. The van der Waals surface area contributed by atoms with Crippen molar-refractivity contribution >= 4 is 11.9 Å². The standard InChI is InChI=1S/C11H19N5O2/c1-9(10(17)14-11(18)13-2)16-7-5-15(4-3-12)6-8-16/h9H,4-8H2,1-2H3,(H2,13,14,17,18). The molecule has 1 saturated heterocycles. The van der Waals surface area contributed by atoms with Crippen LogP contribution in [0, 0.1) is 11.3 Å². The van der Waals surface area contributed by atoms with Gasteiger partial charge in [-0.25, -0.2) is 4.79 Å². The van der Waals surface area contributed by atoms with E-state index in [1.807, 2.05) is 9.80 Å². The van der Waals surface area contributed by atoms with Crippen molar-refractivity contribution in [1.29, 1.82) is 5.26 Å². The molecule has 1 atom stereocenters. The number of nitrogens with one attached hydrogen (secondary N) is 2. The molecule has 100 valence electrons. The summed E-state index contributed by atoms with van der Waals surface area (Å²) in [6, 6.07) is 1.28. The first-order chi connectivity index (χ1) is 8.58. The number of nitriles is 1. The monoisotopic (exact) mass is 253 g/mol. The van der Waals surface area contributed by atoms with Gasteiger partial charge in [-0.3, -0.25) is 19.9 Å². The zero-order valence-electron chi connectivity index (χ0n) is 10.8. The van der Waals surface area contributed by atoms with Crippen LogP contribution in [0.5, 0.6) is 0 Å². The summed E-state index contributed by atoms with van der Waals surface area (Å²) in [7, 11) is 1.47. The Kier molecular flexibility index (Phi) is 5.55. The normalized spacial score (nSPS) is 18.7. The minimum absolute atomic E-state index is 0.303. The predicted octanol–water partition coefficient (Wildman–Crippen LogP) is -1.03. The first-order valence-corrected chi connectivity index (χ1v) is 5.94. The Balaban J connectivity index is 2.40. The molecule has 7 nitrogen and oxygen atoms in total. The van der Waals surface area contributed by atoms with Crippen LogP contribution in [-0.2, 0) is 4.79 Å². The molecule has 18 heavy (non-hydrogen) atoms. The van der Waals surface area contributed by atoms with E-state index < -0.39 is 6.03 Å². The van der Waals surface area contributed by atoms with Crippen LogP contribution in [0.2, 0.25) is 0 Å². The highest BCUT2D eigenvalue weighted by molar-refractivity contribution is 5.96. The lowest BCUT2D eigenvalue weighted by molar-refractivity contribution is -0.125. The second-order valence-electron chi connectivity index (χ2n) is 4.21. The van der Waals surface area contributed by atoms with Crippen molar-refractivity contribution in [3.63, 3.8) is 0 Å². The molecule has 0 aliphatic carbocycles. The maximum atomic E-state index is 11.7. The van der Waals surface area contributed by atoms with Gasteiger partial charge in [0.15, 0.2) is 0 Å². The molecule has 0 saturated carbocycles. The van der Waals surface area contributed by atoms with E-state index >= 15 is 0 Å². The molecule has 1 rings (SSSR count). The summed E-state index contributed by atoms with van der Waals surface area (Å²) in [6.07, 6.45) is 0. The summed E-state index contributed by atoms with van der Waals surface area (Å²) in [5.74, 6) is -0.303. The molecule has 1 aliphatic rings. The van der Waals surface area contributed by atoms with E-state index in [2.05, 4.69) is 16.7 Å². The van der Waals surface area contributed by atoms with Crippen molar-refractivity contribution in [3.05, 3.63) is 0 Å². The number of imide groups is 1. The van der Waals surface area contributed by atoms with E-state index in [1.54, 1.807) is 6.92 Å². The highest BCUT2D eigenvalue weighted by Crippen LogP contribution is 2.06. The van der Waals surface area contributed by atoms with E-state index in [4.69, 9.17) is 5.26 Å². The van der Waals surface area contributed by atoms with Gasteiger partial charge in [0.2, 0.25) is 5.91 Å². The Morgan fingerprint density at radius 1 is 1.33 bits per heavy atom. The Hall–Kier alpha value is -1.65. The molecule has 1 heterocycles. The third kappa shape index (κ3) is 3.98. The molecule has 1 aliphatic heterocycles. The minimum Gasteiger partial charge on any atom is -0.341 e. The van der Waals surface area contributed by atoms with Crippen LogP contribution in [0.4, 0.5) is 4.79 Å². The number of rotatable bonds is 3. The van der Waals surface area contributed by atoms with Crippen molar-refractivity contribution in [3.8, 4) is 6.07 Å². The lowest BCUT2D eigenvalue weighted by atomic mass is 10.2. The summed E-state index contributed by atoms with van der Waals surface area (Å²) in [6.45, 7) is 5.19. The molecule has 0 aromatic heterocycles. The number of hydrogen-bond donors (Lipinski definition) is 2. The minimum atomic E-state index is -0.491. The number of urea groups is 1. The van der Waals surface area contributed by atoms with Gasteiger partial charge in [-0.05, 0) is 6.92 Å². The average molecular weight is 253 g/mol. The van der Waals surface area contributed by atoms with Crippen LogP contribution in [0.15, 0.2) is 0 Å². The van der Waals surface area contributed by atoms with Gasteiger partial charge in [-0.2, -0.15) is 5.26 Å². The highest BCUT2D eigenvalue weighted by atomic mass is 16.2. The number of piperazine rings is 1. The molecule has 1 unspecified atom stereocenters. The number of carbonyl (C=O) groups excluding carboxylic acids is 2. The van der Waals surface area contributed by atoms with Crippen LogP contribution in [0.3, 0.4) is 0 Å². The van der Waals surface area contributed by atoms with Gasteiger partial charge in [0.1, 0.15) is 0 Å². The Labute approximate surface area is 107 Å². The number of carbonyl (C=O) groups is 2. The molecule has 0 spiro atoms. The average Bonchev–Trinajstić information content (AvgIpc) is 2.39. The van der Waals surface area contributed by atoms with Gasteiger partial charge < -0.3 is 5.32 Å². The first kappa shape index (κ1) is 14.4. The number of nitrogens with zero attached hydrogens (tertiary/aromatic N) is 3. The Morgan fingerprint density at radius 3 is 2.44 bits per heavy atom. The predicted molar refractivity (Wildman–Crippen MR) is 65.7 cm³/mol. The van der Waals surface area contributed by atoms with Crippen LogP contribution in [0.25, 0.3) is 0 Å². The van der Waals surface area contributed by atoms with Crippen LogP contribution in [-0.4, -0.2) is 67.6 Å². The molecule has 0 bridgehead atoms. The fraction of sp³-hybridized carbons (Fsp3) is 0.727. The summed E-state index contributed by atoms with van der Waals surface area (Å²) in [4.78, 5) is 26.8. The maximum Gasteiger partial charge on any atom is 0.321 e. The van der Waals surface area contributed by atoms with E-state index in [9.17, 15) is 9.59 Å². The van der Waals surface area contributed by atoms with Crippen molar-refractivity contribution in [2.45, 2.75) is 13.0 Å². The largest absolute Gasteiger partial charge is 0.341 e. The molecule has 7 heteroatoms. The highest BCUT2D eigenvalue weighted by Gasteiger charge is 2.26. The SMILES string of the molecule is CNC(=O)NC(=O)C(C)N1CCN(CC#N)CC1. The zero-order valence-corrected chi connectivity index (χ0v) is 10.8. The molecule has 0 aromatic carbocycles. The van der Waals surface area contributed by atoms with E-state index in [1.165, 1.54) is 7.05 Å².